The van der Waals surface area contributed by atoms with Crippen LogP contribution in [0.4, 0.5) is 11.4 Å². The number of hydrogen-bond donors (Lipinski definition) is 6. The molecule has 8 nitrogen and oxygen atoms in total. The van der Waals surface area contributed by atoms with E-state index in [2.05, 4.69) is 9.97 Å². The zero-order valence-corrected chi connectivity index (χ0v) is 19.7. The predicted molar refractivity (Wildman–Crippen MR) is 139 cm³/mol. The smallest absolute Gasteiger partial charge is 0.113 e. The van der Waals surface area contributed by atoms with Crippen molar-refractivity contribution < 1.29 is 17.1 Å². The van der Waals surface area contributed by atoms with Crippen LogP contribution < -0.4 is 22.7 Å². The molecule has 35 heavy (non-hydrogen) atoms. The minimum Gasteiger partial charge on any atom is -0.397 e. The van der Waals surface area contributed by atoms with Crippen molar-refractivity contribution in [3.05, 3.63) is 83.5 Å². The third kappa shape index (κ3) is 3.73. The summed E-state index contributed by atoms with van der Waals surface area (Å²) in [5.74, 6) is 6.59. The van der Waals surface area contributed by atoms with Gasteiger partial charge in [-0.25, -0.2) is 4.98 Å². The Labute approximate surface area is 210 Å². The Kier molecular flexibility index (Phi) is 5.36. The summed E-state index contributed by atoms with van der Waals surface area (Å²) in [6.07, 6.45) is 3.88. The van der Waals surface area contributed by atoms with Crippen LogP contribution in [-0.4, -0.2) is 19.6 Å². The summed E-state index contributed by atoms with van der Waals surface area (Å²) in [5, 5.41) is 9.08. The minimum atomic E-state index is 0. The number of benzene rings is 1. The molecule has 1 aromatic carbocycles. The van der Waals surface area contributed by atoms with Crippen molar-refractivity contribution in [3.63, 3.8) is 0 Å². The number of nitrogens with one attached hydrogen (secondary N) is 3. The van der Waals surface area contributed by atoms with Gasteiger partial charge >= 0.3 is 0 Å². The van der Waals surface area contributed by atoms with E-state index in [0.29, 0.717) is 27.9 Å². The molecule has 5 aromatic rings. The number of anilines is 2. The van der Waals surface area contributed by atoms with Gasteiger partial charge in [0.05, 0.1) is 33.8 Å². The molecule has 0 atom stereocenters. The van der Waals surface area contributed by atoms with Crippen LogP contribution in [0.2, 0.25) is 0 Å². The number of nitrogens with two attached hydrogens (primary N) is 3. The molecule has 4 aromatic heterocycles. The molecule has 1 aliphatic heterocycles. The second-order valence-corrected chi connectivity index (χ2v) is 8.29. The quantitative estimate of drug-likeness (QED) is 0.148. The molecule has 173 valence electrons. The Morgan fingerprint density at radius 3 is 2.23 bits per heavy atom. The second-order valence-electron chi connectivity index (χ2n) is 8.29. The summed E-state index contributed by atoms with van der Waals surface area (Å²) >= 11 is 0. The first-order valence-electron chi connectivity index (χ1n) is 10.8. The zero-order valence-electron chi connectivity index (χ0n) is 18.5. The normalized spacial score (nSPS) is 11.5. The Morgan fingerprint density at radius 2 is 1.49 bits per heavy atom. The molecule has 9 N–H and O–H groups in total. The van der Waals surface area contributed by atoms with Crippen molar-refractivity contribution in [3.8, 4) is 11.1 Å². The topological polar surface area (TPSA) is 151 Å². The fourth-order valence-corrected chi connectivity index (χ4v) is 4.45. The van der Waals surface area contributed by atoms with E-state index in [1.165, 1.54) is 4.68 Å². The number of H-pyrrole nitrogens is 2. The van der Waals surface area contributed by atoms with E-state index >= 15 is 0 Å². The Morgan fingerprint density at radius 1 is 0.800 bits per heavy atom. The van der Waals surface area contributed by atoms with Crippen LogP contribution in [0.15, 0.2) is 66.7 Å². The van der Waals surface area contributed by atoms with E-state index in [4.69, 9.17) is 27.7 Å². The number of nitrogen functional groups attached to an aromatic ring is 3. The molecule has 9 heteroatoms. The SMILES string of the molecule is N=c1c2[nH]c(cc2N)cc2ccc(cc3nc(cc4c(-c5ccccc5)c(N)c1n4N)C=C3)[nH]2.[Mn]. The van der Waals surface area contributed by atoms with Gasteiger partial charge in [-0.2, -0.15) is 0 Å². The van der Waals surface area contributed by atoms with Gasteiger partial charge in [-0.3, -0.25) is 10.1 Å². The minimum absolute atomic E-state index is 0. The van der Waals surface area contributed by atoms with Crippen molar-refractivity contribution in [1.82, 2.24) is 19.6 Å². The monoisotopic (exact) mass is 501 g/mol. The largest absolute Gasteiger partial charge is 0.397 e. The number of aromatic nitrogens is 4. The van der Waals surface area contributed by atoms with Gasteiger partial charge in [0.15, 0.2) is 0 Å². The van der Waals surface area contributed by atoms with Crippen molar-refractivity contribution in [1.29, 1.82) is 5.41 Å². The van der Waals surface area contributed by atoms with Gasteiger partial charge in [0.2, 0.25) is 0 Å². The average molecular weight is 501 g/mol. The Balaban J connectivity index is 0.00000253. The van der Waals surface area contributed by atoms with Gasteiger partial charge in [0.1, 0.15) is 10.9 Å². The van der Waals surface area contributed by atoms with Crippen LogP contribution >= 0.6 is 0 Å². The summed E-state index contributed by atoms with van der Waals surface area (Å²) < 4.78 is 1.45. The van der Waals surface area contributed by atoms with Crippen LogP contribution in [0, 0.1) is 5.41 Å². The van der Waals surface area contributed by atoms with Gasteiger partial charge in [-0.15, -0.1) is 0 Å². The van der Waals surface area contributed by atoms with Crippen molar-refractivity contribution in [2.75, 3.05) is 17.3 Å². The first-order chi connectivity index (χ1) is 16.5. The Hall–Kier alpha value is -4.46. The van der Waals surface area contributed by atoms with E-state index in [1.807, 2.05) is 72.8 Å². The van der Waals surface area contributed by atoms with Crippen molar-refractivity contribution >= 4 is 56.6 Å². The summed E-state index contributed by atoms with van der Waals surface area (Å²) in [4.78, 5) is 11.3. The maximum absolute atomic E-state index is 8.97. The molecule has 8 bridgehead atoms. The maximum Gasteiger partial charge on any atom is 0.113 e. The number of hydrogen-bond acceptors (Lipinski definition) is 5. The molecule has 0 saturated carbocycles. The van der Waals surface area contributed by atoms with Crippen LogP contribution in [0.5, 0.6) is 0 Å². The maximum atomic E-state index is 8.97. The van der Waals surface area contributed by atoms with E-state index in [1.54, 1.807) is 6.07 Å². The van der Waals surface area contributed by atoms with Crippen LogP contribution in [0.25, 0.3) is 56.4 Å². The molecule has 0 aliphatic carbocycles. The van der Waals surface area contributed by atoms with Gasteiger partial charge in [-0.05, 0) is 54.1 Å². The summed E-state index contributed by atoms with van der Waals surface area (Å²) in [6.45, 7) is 0. The molecule has 6 rings (SSSR count). The molecule has 0 saturated heterocycles. The van der Waals surface area contributed by atoms with Crippen molar-refractivity contribution in [2.45, 2.75) is 0 Å². The average Bonchev–Trinajstić information content (AvgIpc) is 3.58. The number of fused-ring (bicyclic) bond motifs is 8. The first-order valence-corrected chi connectivity index (χ1v) is 10.8. The molecule has 0 amide bonds. The predicted octanol–water partition coefficient (Wildman–Crippen LogP) is 4.19. The second kappa shape index (κ2) is 8.39. The van der Waals surface area contributed by atoms with E-state index in [0.717, 1.165) is 39.1 Å². The molecule has 5 heterocycles. The third-order valence-corrected chi connectivity index (χ3v) is 6.01. The van der Waals surface area contributed by atoms with Gasteiger partial charge in [0.25, 0.3) is 0 Å². The molecular formula is C26H22MnN8. The Bertz CT molecular complexity index is 1810. The summed E-state index contributed by atoms with van der Waals surface area (Å²) in [6, 6.07) is 21.3. The summed E-state index contributed by atoms with van der Waals surface area (Å²) in [7, 11) is 0. The van der Waals surface area contributed by atoms with E-state index in [9.17, 15) is 0 Å². The third-order valence-electron chi connectivity index (χ3n) is 6.01. The fraction of sp³-hybridized carbons (Fsp3) is 0. The molecule has 0 spiro atoms. The van der Waals surface area contributed by atoms with Gasteiger partial charge < -0.3 is 27.3 Å². The van der Waals surface area contributed by atoms with E-state index in [-0.39, 0.29) is 22.4 Å². The van der Waals surface area contributed by atoms with Gasteiger partial charge in [-0.1, -0.05) is 30.3 Å². The van der Waals surface area contributed by atoms with E-state index < -0.39 is 0 Å². The van der Waals surface area contributed by atoms with Crippen molar-refractivity contribution in [2.24, 2.45) is 0 Å². The molecule has 0 fully saturated rings. The number of rotatable bonds is 1. The molecule has 1 aliphatic rings. The molecule has 0 unspecified atom stereocenters. The number of aromatic amines is 2. The van der Waals surface area contributed by atoms with Gasteiger partial charge in [0, 0.05) is 39.2 Å². The first kappa shape index (κ1) is 22.3. The van der Waals surface area contributed by atoms with Crippen LogP contribution in [-0.2, 0) is 17.1 Å². The van der Waals surface area contributed by atoms with Crippen LogP contribution in [0.1, 0.15) is 11.4 Å². The molecular weight excluding hydrogens is 479 g/mol. The number of nitrogens with zero attached hydrogens (tertiary/aromatic N) is 2. The molecule has 1 radical (unpaired) electrons. The standard InChI is InChI=1S/C26H22N8.Mn/c27-20-12-19-11-17-7-6-15(31-17)10-16-8-9-18(32-16)13-21-22(14-4-2-1-3-5-14)23(28)26(34(21)30)24(29)25(20)33-19;/h1-13,29,31,33H,27-28,30H2;. The van der Waals surface area contributed by atoms with Crippen LogP contribution in [0.3, 0.4) is 0 Å². The summed E-state index contributed by atoms with van der Waals surface area (Å²) in [5.41, 5.74) is 21.0. The zero-order chi connectivity index (χ0) is 23.4. The fourth-order valence-electron chi connectivity index (χ4n) is 4.45.